The molecule has 0 unspecified atom stereocenters. The summed E-state index contributed by atoms with van der Waals surface area (Å²) in [6.07, 6.45) is 3.36. The topological polar surface area (TPSA) is 39.2 Å². The molecule has 0 aliphatic rings. The molecule has 0 spiro atoms. The molecule has 0 saturated heterocycles. The Morgan fingerprint density at radius 1 is 1.28 bits per heavy atom. The second-order valence-corrected chi connectivity index (χ2v) is 4.66. The van der Waals surface area contributed by atoms with E-state index in [4.69, 9.17) is 4.74 Å². The number of methoxy groups -OCH3 is 1. The van der Waals surface area contributed by atoms with Gasteiger partial charge in [-0.05, 0) is 35.9 Å². The molecule has 1 atom stereocenters. The van der Waals surface area contributed by atoms with Crippen LogP contribution in [0.25, 0.3) is 0 Å². The van der Waals surface area contributed by atoms with Crippen LogP contribution in [0.2, 0.25) is 0 Å². The molecule has 18 heavy (non-hydrogen) atoms. The van der Waals surface area contributed by atoms with E-state index in [1.165, 1.54) is 0 Å². The van der Waals surface area contributed by atoms with Gasteiger partial charge in [0.2, 0.25) is 0 Å². The number of carbonyl (C=O) groups excluding carboxylic acids is 1. The molecule has 4 heteroatoms. The van der Waals surface area contributed by atoms with Crippen LogP contribution in [0, 0.1) is 0 Å². The minimum absolute atomic E-state index is 0.00523. The molecule has 0 saturated carbocycles. The fourth-order valence-electron chi connectivity index (χ4n) is 1.58. The fourth-order valence-corrected chi connectivity index (χ4v) is 2.11. The van der Waals surface area contributed by atoms with Crippen LogP contribution in [0.3, 0.4) is 0 Å². The SMILES string of the molecule is COc1ccc(C(=O)[C@@H](Br)c2cccnc2)cc1. The van der Waals surface area contributed by atoms with E-state index >= 15 is 0 Å². The van der Waals surface area contributed by atoms with Crippen LogP contribution in [0.5, 0.6) is 5.75 Å². The monoisotopic (exact) mass is 305 g/mol. The predicted molar refractivity (Wildman–Crippen MR) is 73.2 cm³/mol. The average Bonchev–Trinajstić information content (AvgIpc) is 2.47. The highest BCUT2D eigenvalue weighted by Crippen LogP contribution is 2.27. The number of benzene rings is 1. The molecule has 0 fully saturated rings. The Morgan fingerprint density at radius 2 is 2.00 bits per heavy atom. The van der Waals surface area contributed by atoms with E-state index in [-0.39, 0.29) is 10.6 Å². The quantitative estimate of drug-likeness (QED) is 0.642. The maximum atomic E-state index is 12.2. The first-order chi connectivity index (χ1) is 8.72. The minimum atomic E-state index is -0.375. The first-order valence-electron chi connectivity index (χ1n) is 5.44. The Labute approximate surface area is 114 Å². The second-order valence-electron chi connectivity index (χ2n) is 3.74. The van der Waals surface area contributed by atoms with Crippen molar-refractivity contribution in [2.45, 2.75) is 4.83 Å². The summed E-state index contributed by atoms with van der Waals surface area (Å²) < 4.78 is 5.06. The predicted octanol–water partition coefficient (Wildman–Crippen LogP) is 3.41. The van der Waals surface area contributed by atoms with E-state index in [1.54, 1.807) is 43.8 Å². The second kappa shape index (κ2) is 5.78. The van der Waals surface area contributed by atoms with Gasteiger partial charge in [-0.1, -0.05) is 22.0 Å². The molecule has 0 aliphatic heterocycles. The van der Waals surface area contributed by atoms with Gasteiger partial charge in [0.15, 0.2) is 5.78 Å². The van der Waals surface area contributed by atoms with Gasteiger partial charge in [0.25, 0.3) is 0 Å². The van der Waals surface area contributed by atoms with E-state index in [9.17, 15) is 4.79 Å². The van der Waals surface area contributed by atoms with Crippen molar-refractivity contribution in [3.05, 3.63) is 59.9 Å². The summed E-state index contributed by atoms with van der Waals surface area (Å²) in [6, 6.07) is 10.7. The number of alkyl halides is 1. The van der Waals surface area contributed by atoms with Crippen molar-refractivity contribution >= 4 is 21.7 Å². The Hall–Kier alpha value is -1.68. The van der Waals surface area contributed by atoms with Crippen LogP contribution in [0.15, 0.2) is 48.8 Å². The third-order valence-corrected chi connectivity index (χ3v) is 3.53. The lowest BCUT2D eigenvalue weighted by Gasteiger charge is -2.09. The summed E-state index contributed by atoms with van der Waals surface area (Å²) in [4.78, 5) is 15.9. The zero-order chi connectivity index (χ0) is 13.0. The number of ketones is 1. The van der Waals surface area contributed by atoms with Crippen molar-refractivity contribution in [1.82, 2.24) is 4.98 Å². The van der Waals surface area contributed by atoms with Gasteiger partial charge in [0.05, 0.1) is 7.11 Å². The summed E-state index contributed by atoms with van der Waals surface area (Å²) in [7, 11) is 1.60. The van der Waals surface area contributed by atoms with Crippen molar-refractivity contribution in [3.8, 4) is 5.75 Å². The van der Waals surface area contributed by atoms with Crippen LogP contribution in [-0.4, -0.2) is 17.9 Å². The van der Waals surface area contributed by atoms with Crippen molar-refractivity contribution in [2.75, 3.05) is 7.11 Å². The zero-order valence-electron chi connectivity index (χ0n) is 9.84. The van der Waals surface area contributed by atoms with Gasteiger partial charge in [-0.3, -0.25) is 9.78 Å². The van der Waals surface area contributed by atoms with Crippen LogP contribution in [0.1, 0.15) is 20.7 Å². The number of halogens is 1. The number of pyridine rings is 1. The lowest BCUT2D eigenvalue weighted by atomic mass is 10.0. The average molecular weight is 306 g/mol. The lowest BCUT2D eigenvalue weighted by Crippen LogP contribution is -2.07. The number of Topliss-reactive ketones (excluding diaryl/α,β-unsaturated/α-hetero) is 1. The van der Waals surface area contributed by atoms with Crippen LogP contribution >= 0.6 is 15.9 Å². The molecule has 0 N–H and O–H groups in total. The minimum Gasteiger partial charge on any atom is -0.497 e. The third kappa shape index (κ3) is 2.76. The Bertz CT molecular complexity index is 525. The highest BCUT2D eigenvalue weighted by Gasteiger charge is 2.18. The molecular weight excluding hydrogens is 294 g/mol. The van der Waals surface area contributed by atoms with Crippen molar-refractivity contribution in [1.29, 1.82) is 0 Å². The number of nitrogens with zero attached hydrogens (tertiary/aromatic N) is 1. The number of carbonyl (C=O) groups is 1. The number of hydrogen-bond acceptors (Lipinski definition) is 3. The fraction of sp³-hybridized carbons (Fsp3) is 0.143. The number of hydrogen-bond donors (Lipinski definition) is 0. The first-order valence-corrected chi connectivity index (χ1v) is 6.36. The largest absolute Gasteiger partial charge is 0.497 e. The van der Waals surface area contributed by atoms with Gasteiger partial charge >= 0.3 is 0 Å². The molecule has 0 aliphatic carbocycles. The molecule has 1 heterocycles. The Kier molecular flexibility index (Phi) is 4.10. The first kappa shape index (κ1) is 12.8. The maximum absolute atomic E-state index is 12.2. The zero-order valence-corrected chi connectivity index (χ0v) is 11.4. The molecule has 1 aromatic carbocycles. The number of rotatable bonds is 4. The molecule has 0 amide bonds. The Balaban J connectivity index is 2.20. The summed E-state index contributed by atoms with van der Waals surface area (Å²) in [5.74, 6) is 0.740. The third-order valence-electron chi connectivity index (χ3n) is 2.58. The van der Waals surface area contributed by atoms with Crippen molar-refractivity contribution < 1.29 is 9.53 Å². The van der Waals surface area contributed by atoms with E-state index in [0.29, 0.717) is 5.56 Å². The van der Waals surface area contributed by atoms with Crippen LogP contribution in [-0.2, 0) is 0 Å². The molecule has 1 aromatic heterocycles. The number of aromatic nitrogens is 1. The maximum Gasteiger partial charge on any atom is 0.180 e. The normalized spacial score (nSPS) is 11.9. The van der Waals surface area contributed by atoms with Crippen LogP contribution < -0.4 is 4.74 Å². The summed E-state index contributed by atoms with van der Waals surface area (Å²) in [5, 5.41) is 0. The molecule has 0 radical (unpaired) electrons. The van der Waals surface area contributed by atoms with Crippen molar-refractivity contribution in [3.63, 3.8) is 0 Å². The summed E-state index contributed by atoms with van der Waals surface area (Å²) >= 11 is 3.40. The highest BCUT2D eigenvalue weighted by molar-refractivity contribution is 9.09. The molecule has 0 bridgehead atoms. The van der Waals surface area contributed by atoms with E-state index in [1.807, 2.05) is 12.1 Å². The van der Waals surface area contributed by atoms with Crippen molar-refractivity contribution in [2.24, 2.45) is 0 Å². The molecule has 92 valence electrons. The van der Waals surface area contributed by atoms with Gasteiger partial charge < -0.3 is 4.74 Å². The van der Waals surface area contributed by atoms with E-state index in [2.05, 4.69) is 20.9 Å². The van der Waals surface area contributed by atoms with Crippen LogP contribution in [0.4, 0.5) is 0 Å². The summed E-state index contributed by atoms with van der Waals surface area (Å²) in [5.41, 5.74) is 1.49. The highest BCUT2D eigenvalue weighted by atomic mass is 79.9. The molecular formula is C14H12BrNO2. The van der Waals surface area contributed by atoms with E-state index < -0.39 is 0 Å². The standard InChI is InChI=1S/C14H12BrNO2/c1-18-12-6-4-10(5-7-12)14(17)13(15)11-3-2-8-16-9-11/h2-9,13H,1H3/t13-/m0/s1. The van der Waals surface area contributed by atoms with Gasteiger partial charge in [-0.2, -0.15) is 0 Å². The lowest BCUT2D eigenvalue weighted by molar-refractivity contribution is 0.0991. The Morgan fingerprint density at radius 3 is 2.56 bits per heavy atom. The smallest absolute Gasteiger partial charge is 0.180 e. The summed E-state index contributed by atoms with van der Waals surface area (Å²) in [6.45, 7) is 0. The van der Waals surface area contributed by atoms with Gasteiger partial charge in [0.1, 0.15) is 10.6 Å². The molecule has 3 nitrogen and oxygen atoms in total. The van der Waals surface area contributed by atoms with Gasteiger partial charge in [-0.15, -0.1) is 0 Å². The number of ether oxygens (including phenoxy) is 1. The molecule has 2 rings (SSSR count). The van der Waals surface area contributed by atoms with Gasteiger partial charge in [0, 0.05) is 18.0 Å². The molecule has 2 aromatic rings. The van der Waals surface area contributed by atoms with Gasteiger partial charge in [-0.25, -0.2) is 0 Å². The van der Waals surface area contributed by atoms with E-state index in [0.717, 1.165) is 11.3 Å².